The van der Waals surface area contributed by atoms with Gasteiger partial charge in [0.1, 0.15) is 5.52 Å². The van der Waals surface area contributed by atoms with Crippen molar-refractivity contribution in [2.75, 3.05) is 18.0 Å². The molecule has 2 aromatic heterocycles. The van der Waals surface area contributed by atoms with Gasteiger partial charge in [-0.05, 0) is 51.4 Å². The van der Waals surface area contributed by atoms with Crippen molar-refractivity contribution < 1.29 is 4.79 Å². The first-order chi connectivity index (χ1) is 13.8. The topological polar surface area (TPSA) is 62.5 Å². The molecule has 2 aliphatic carbocycles. The Morgan fingerprint density at radius 2 is 1.79 bits per heavy atom. The van der Waals surface area contributed by atoms with Crippen LogP contribution in [0.5, 0.6) is 0 Å². The molecule has 1 aliphatic heterocycles. The minimum absolute atomic E-state index is 0.150. The van der Waals surface area contributed by atoms with E-state index in [0.717, 1.165) is 57.4 Å². The van der Waals surface area contributed by atoms with Crippen molar-refractivity contribution in [3.63, 3.8) is 0 Å². The average Bonchev–Trinajstić information content (AvgIpc) is 3.13. The third kappa shape index (κ3) is 3.38. The second-order valence-electron chi connectivity index (χ2n) is 8.78. The van der Waals surface area contributed by atoms with Crippen LogP contribution < -0.4 is 10.2 Å². The van der Waals surface area contributed by atoms with Gasteiger partial charge in [-0.3, -0.25) is 4.79 Å². The normalized spacial score (nSPS) is 21.6. The van der Waals surface area contributed by atoms with E-state index in [1.54, 1.807) is 0 Å². The van der Waals surface area contributed by atoms with Gasteiger partial charge in [0.2, 0.25) is 5.91 Å². The summed E-state index contributed by atoms with van der Waals surface area (Å²) in [5.41, 5.74) is 3.84. The molecule has 28 heavy (non-hydrogen) atoms. The molecule has 1 saturated carbocycles. The van der Waals surface area contributed by atoms with Crippen LogP contribution in [0.2, 0.25) is 0 Å². The number of nitrogens with zero attached hydrogens (tertiary/aromatic N) is 4. The van der Waals surface area contributed by atoms with Crippen molar-refractivity contribution in [2.45, 2.75) is 76.7 Å². The first-order valence-electron chi connectivity index (χ1n) is 11.2. The molecule has 6 nitrogen and oxygen atoms in total. The van der Waals surface area contributed by atoms with E-state index >= 15 is 0 Å². The number of hydrogen-bond donors (Lipinski definition) is 1. The molecular formula is C22H31N5O. The summed E-state index contributed by atoms with van der Waals surface area (Å²) in [7, 11) is 0. The summed E-state index contributed by atoms with van der Waals surface area (Å²) in [5, 5.41) is 8.13. The van der Waals surface area contributed by atoms with E-state index in [4.69, 9.17) is 10.1 Å². The fourth-order valence-electron chi connectivity index (χ4n) is 5.30. The van der Waals surface area contributed by atoms with Crippen LogP contribution in [0.15, 0.2) is 12.4 Å². The highest BCUT2D eigenvalue weighted by Gasteiger charge is 2.29. The summed E-state index contributed by atoms with van der Waals surface area (Å²) in [5.74, 6) is 1.49. The molecule has 2 fully saturated rings. The van der Waals surface area contributed by atoms with Crippen molar-refractivity contribution in [3.05, 3.63) is 23.7 Å². The molecule has 0 aromatic carbocycles. The molecule has 0 radical (unpaired) electrons. The molecule has 1 N–H and O–H groups in total. The second-order valence-corrected chi connectivity index (χ2v) is 8.78. The van der Waals surface area contributed by atoms with Crippen LogP contribution in [-0.2, 0) is 17.6 Å². The summed E-state index contributed by atoms with van der Waals surface area (Å²) in [6, 6.07) is 0.410. The summed E-state index contributed by atoms with van der Waals surface area (Å²) >= 11 is 0. The highest BCUT2D eigenvalue weighted by molar-refractivity contribution is 5.80. The SMILES string of the molecule is O=C(NC1CCCCC1)C1CCN(c2nccn3nc4c(c23)CCCC4)CC1. The molecule has 2 aromatic rings. The lowest BCUT2D eigenvalue weighted by Crippen LogP contribution is -2.44. The number of aryl methyl sites for hydroxylation is 2. The van der Waals surface area contributed by atoms with Crippen LogP contribution in [0.3, 0.4) is 0 Å². The third-order valence-electron chi connectivity index (χ3n) is 6.92. The average molecular weight is 382 g/mol. The lowest BCUT2D eigenvalue weighted by atomic mass is 9.92. The van der Waals surface area contributed by atoms with Crippen LogP contribution >= 0.6 is 0 Å². The van der Waals surface area contributed by atoms with Crippen LogP contribution in [0.4, 0.5) is 5.82 Å². The number of amides is 1. The molecule has 1 amide bonds. The Hall–Kier alpha value is -2.11. The van der Waals surface area contributed by atoms with Gasteiger partial charge >= 0.3 is 0 Å². The van der Waals surface area contributed by atoms with Gasteiger partial charge in [-0.25, -0.2) is 9.50 Å². The Kier molecular flexibility index (Phi) is 4.95. The van der Waals surface area contributed by atoms with Gasteiger partial charge in [0.05, 0.1) is 5.69 Å². The first-order valence-corrected chi connectivity index (χ1v) is 11.2. The number of hydrogen-bond acceptors (Lipinski definition) is 4. The number of fused-ring (bicyclic) bond motifs is 3. The first kappa shape index (κ1) is 18.0. The number of nitrogens with one attached hydrogen (secondary N) is 1. The third-order valence-corrected chi connectivity index (χ3v) is 6.92. The minimum Gasteiger partial charge on any atom is -0.355 e. The summed E-state index contributed by atoms with van der Waals surface area (Å²) in [4.78, 5) is 19.8. The summed E-state index contributed by atoms with van der Waals surface area (Å²) in [6.45, 7) is 1.80. The van der Waals surface area contributed by atoms with Crippen molar-refractivity contribution in [3.8, 4) is 0 Å². The predicted molar refractivity (Wildman–Crippen MR) is 110 cm³/mol. The van der Waals surface area contributed by atoms with Crippen LogP contribution in [0, 0.1) is 5.92 Å². The Labute approximate surface area is 166 Å². The van der Waals surface area contributed by atoms with E-state index in [0.29, 0.717) is 6.04 Å². The zero-order valence-corrected chi connectivity index (χ0v) is 16.7. The fourth-order valence-corrected chi connectivity index (χ4v) is 5.30. The van der Waals surface area contributed by atoms with Crippen molar-refractivity contribution >= 4 is 17.2 Å². The molecule has 0 atom stereocenters. The van der Waals surface area contributed by atoms with E-state index < -0.39 is 0 Å². The van der Waals surface area contributed by atoms with E-state index in [9.17, 15) is 4.79 Å². The lowest BCUT2D eigenvalue weighted by Gasteiger charge is -2.33. The van der Waals surface area contributed by atoms with Gasteiger partial charge in [-0.1, -0.05) is 19.3 Å². The highest BCUT2D eigenvalue weighted by Crippen LogP contribution is 2.32. The molecular weight excluding hydrogens is 350 g/mol. The standard InChI is InChI=1S/C22H31N5O/c28-22(24-17-6-2-1-3-7-17)16-10-13-26(14-11-16)21-20-18-8-4-5-9-19(18)25-27(20)15-12-23-21/h12,15-17H,1-11,13-14H2,(H,24,28). The van der Waals surface area contributed by atoms with Gasteiger partial charge in [0.15, 0.2) is 5.82 Å². The highest BCUT2D eigenvalue weighted by atomic mass is 16.1. The Morgan fingerprint density at radius 1 is 1.00 bits per heavy atom. The van der Waals surface area contributed by atoms with E-state index in [1.165, 1.54) is 48.9 Å². The molecule has 150 valence electrons. The van der Waals surface area contributed by atoms with Gasteiger partial charge < -0.3 is 10.2 Å². The van der Waals surface area contributed by atoms with Crippen molar-refractivity contribution in [1.82, 2.24) is 19.9 Å². The number of carbonyl (C=O) groups is 1. The second kappa shape index (κ2) is 7.72. The number of anilines is 1. The molecule has 0 unspecified atom stereocenters. The Balaban J connectivity index is 1.28. The maximum absolute atomic E-state index is 12.7. The van der Waals surface area contributed by atoms with E-state index in [-0.39, 0.29) is 11.8 Å². The monoisotopic (exact) mass is 381 g/mol. The minimum atomic E-state index is 0.150. The maximum Gasteiger partial charge on any atom is 0.223 e. The van der Waals surface area contributed by atoms with Gasteiger partial charge in [-0.15, -0.1) is 0 Å². The molecule has 3 aliphatic rings. The van der Waals surface area contributed by atoms with Gasteiger partial charge in [-0.2, -0.15) is 5.10 Å². The number of aromatic nitrogens is 3. The van der Waals surface area contributed by atoms with Crippen molar-refractivity contribution in [1.29, 1.82) is 0 Å². The van der Waals surface area contributed by atoms with E-state index in [2.05, 4.69) is 10.2 Å². The Bertz CT molecular complexity index is 846. The van der Waals surface area contributed by atoms with Crippen LogP contribution in [0.1, 0.15) is 69.0 Å². The smallest absolute Gasteiger partial charge is 0.223 e. The Morgan fingerprint density at radius 3 is 2.61 bits per heavy atom. The van der Waals surface area contributed by atoms with Crippen LogP contribution in [-0.4, -0.2) is 39.6 Å². The molecule has 1 saturated heterocycles. The van der Waals surface area contributed by atoms with E-state index in [1.807, 2.05) is 16.9 Å². The molecule has 5 rings (SSSR count). The molecule has 6 heteroatoms. The molecule has 3 heterocycles. The predicted octanol–water partition coefficient (Wildman–Crippen LogP) is 3.27. The molecule has 0 spiro atoms. The van der Waals surface area contributed by atoms with Gasteiger partial charge in [0.25, 0.3) is 0 Å². The largest absolute Gasteiger partial charge is 0.355 e. The number of rotatable bonds is 3. The zero-order valence-electron chi connectivity index (χ0n) is 16.7. The summed E-state index contributed by atoms with van der Waals surface area (Å²) in [6.07, 6.45) is 16.5. The maximum atomic E-state index is 12.7. The molecule has 0 bridgehead atoms. The quantitative estimate of drug-likeness (QED) is 0.886. The summed E-state index contributed by atoms with van der Waals surface area (Å²) < 4.78 is 2.03. The fraction of sp³-hybridized carbons (Fsp3) is 0.682. The van der Waals surface area contributed by atoms with Crippen molar-refractivity contribution in [2.24, 2.45) is 5.92 Å². The zero-order chi connectivity index (χ0) is 18.9. The number of piperidine rings is 1. The van der Waals surface area contributed by atoms with Gasteiger partial charge in [0, 0.05) is 43.0 Å². The van der Waals surface area contributed by atoms with Crippen LogP contribution in [0.25, 0.3) is 5.52 Å². The number of carbonyl (C=O) groups excluding carboxylic acids is 1. The lowest BCUT2D eigenvalue weighted by molar-refractivity contribution is -0.126.